The molecule has 0 fully saturated rings. The lowest BCUT2D eigenvalue weighted by molar-refractivity contribution is 0.582. The van der Waals surface area contributed by atoms with Crippen LogP contribution in [0.5, 0.6) is 0 Å². The van der Waals surface area contributed by atoms with Gasteiger partial charge in [0, 0.05) is 30.5 Å². The van der Waals surface area contributed by atoms with Gasteiger partial charge in [0.2, 0.25) is 16.0 Å². The number of rotatable bonds is 9. The van der Waals surface area contributed by atoms with E-state index in [1.165, 1.54) is 5.56 Å². The number of benzene rings is 2. The Balaban J connectivity index is 1.52. The molecule has 0 radical (unpaired) electrons. The molecule has 3 N–H and O–H groups in total. The number of aromatic nitrogens is 2. The summed E-state index contributed by atoms with van der Waals surface area (Å²) in [6.07, 6.45) is 0. The van der Waals surface area contributed by atoms with Crippen molar-refractivity contribution in [2.45, 2.75) is 26.5 Å². The van der Waals surface area contributed by atoms with Gasteiger partial charge in [0.05, 0.1) is 5.75 Å². The average Bonchev–Trinajstić information content (AvgIpc) is 2.68. The Hall–Kier alpha value is -2.97. The lowest BCUT2D eigenvalue weighted by atomic mass is 10.2. The summed E-state index contributed by atoms with van der Waals surface area (Å²) in [5, 5.41) is 6.33. The van der Waals surface area contributed by atoms with Crippen molar-refractivity contribution in [3.05, 3.63) is 77.0 Å². The van der Waals surface area contributed by atoms with Crippen molar-refractivity contribution < 1.29 is 8.42 Å². The number of nitrogens with one attached hydrogen (secondary N) is 3. The second-order valence-corrected chi connectivity index (χ2v) is 9.08. The van der Waals surface area contributed by atoms with E-state index in [0.717, 1.165) is 22.5 Å². The molecule has 0 aliphatic rings. The van der Waals surface area contributed by atoms with Crippen LogP contribution in [-0.2, 0) is 15.8 Å². The number of hydrogen-bond acceptors (Lipinski definition) is 6. The number of sulfonamides is 1. The van der Waals surface area contributed by atoms with E-state index in [-0.39, 0.29) is 12.3 Å². The van der Waals surface area contributed by atoms with Gasteiger partial charge >= 0.3 is 0 Å². The van der Waals surface area contributed by atoms with Gasteiger partial charge in [-0.3, -0.25) is 0 Å². The molecule has 158 valence electrons. The molecule has 0 saturated heterocycles. The third kappa shape index (κ3) is 6.82. The largest absolute Gasteiger partial charge is 0.353 e. The molecule has 30 heavy (non-hydrogen) atoms. The monoisotopic (exact) mass is 425 g/mol. The summed E-state index contributed by atoms with van der Waals surface area (Å²) in [4.78, 5) is 8.81. The van der Waals surface area contributed by atoms with Gasteiger partial charge in [0.1, 0.15) is 5.82 Å². The molecule has 0 aliphatic carbocycles. The first-order valence-corrected chi connectivity index (χ1v) is 11.4. The minimum Gasteiger partial charge on any atom is -0.353 e. The summed E-state index contributed by atoms with van der Waals surface area (Å²) in [5.74, 6) is 1.08. The maximum atomic E-state index is 12.3. The Kier molecular flexibility index (Phi) is 7.02. The van der Waals surface area contributed by atoms with Crippen LogP contribution in [0, 0.1) is 20.8 Å². The van der Waals surface area contributed by atoms with E-state index in [4.69, 9.17) is 0 Å². The van der Waals surface area contributed by atoms with Crippen molar-refractivity contribution in [3.8, 4) is 0 Å². The molecular formula is C22H27N5O2S. The van der Waals surface area contributed by atoms with Crippen molar-refractivity contribution in [1.82, 2.24) is 14.7 Å². The highest BCUT2D eigenvalue weighted by Gasteiger charge is 2.11. The van der Waals surface area contributed by atoms with Gasteiger partial charge in [-0.2, -0.15) is 4.98 Å². The minimum absolute atomic E-state index is 0.0428. The first kappa shape index (κ1) is 21.7. The van der Waals surface area contributed by atoms with Gasteiger partial charge in [0.25, 0.3) is 0 Å². The van der Waals surface area contributed by atoms with Gasteiger partial charge in [-0.1, -0.05) is 47.5 Å². The highest BCUT2D eigenvalue weighted by atomic mass is 32.2. The maximum Gasteiger partial charge on any atom is 0.224 e. The molecule has 0 amide bonds. The second-order valence-electron chi connectivity index (χ2n) is 7.27. The quantitative estimate of drug-likeness (QED) is 0.453. The van der Waals surface area contributed by atoms with E-state index >= 15 is 0 Å². The molecule has 2 aromatic carbocycles. The Labute approximate surface area is 178 Å². The molecule has 1 aromatic heterocycles. The van der Waals surface area contributed by atoms with E-state index in [2.05, 4.69) is 25.3 Å². The van der Waals surface area contributed by atoms with E-state index in [9.17, 15) is 8.42 Å². The van der Waals surface area contributed by atoms with Gasteiger partial charge < -0.3 is 10.6 Å². The third-order valence-corrected chi connectivity index (χ3v) is 5.74. The first-order chi connectivity index (χ1) is 14.3. The molecule has 0 atom stereocenters. The molecule has 7 nitrogen and oxygen atoms in total. The zero-order valence-electron chi connectivity index (χ0n) is 17.4. The average molecular weight is 426 g/mol. The van der Waals surface area contributed by atoms with Crippen LogP contribution in [0.15, 0.2) is 54.6 Å². The predicted molar refractivity (Wildman–Crippen MR) is 122 cm³/mol. The Bertz CT molecular complexity index is 1080. The highest BCUT2D eigenvalue weighted by Crippen LogP contribution is 2.17. The predicted octanol–water partition coefficient (Wildman–Crippen LogP) is 3.68. The van der Waals surface area contributed by atoms with Crippen molar-refractivity contribution >= 4 is 27.5 Å². The van der Waals surface area contributed by atoms with Crippen LogP contribution in [0.2, 0.25) is 0 Å². The zero-order valence-corrected chi connectivity index (χ0v) is 18.3. The number of anilines is 3. The molecule has 0 unspecified atom stereocenters. The summed E-state index contributed by atoms with van der Waals surface area (Å²) >= 11 is 0. The summed E-state index contributed by atoms with van der Waals surface area (Å²) in [5.41, 5.74) is 4.79. The summed E-state index contributed by atoms with van der Waals surface area (Å²) in [7, 11) is -3.41. The fourth-order valence-corrected chi connectivity index (χ4v) is 3.98. The van der Waals surface area contributed by atoms with Crippen molar-refractivity contribution in [1.29, 1.82) is 0 Å². The zero-order chi connectivity index (χ0) is 21.6. The van der Waals surface area contributed by atoms with Crippen molar-refractivity contribution in [2.75, 3.05) is 23.7 Å². The van der Waals surface area contributed by atoms with Crippen molar-refractivity contribution in [2.24, 2.45) is 0 Å². The molecule has 3 rings (SSSR count). The second kappa shape index (κ2) is 9.69. The van der Waals surface area contributed by atoms with Gasteiger partial charge in [0.15, 0.2) is 0 Å². The van der Waals surface area contributed by atoms with Gasteiger partial charge in [-0.25, -0.2) is 18.1 Å². The Morgan fingerprint density at radius 1 is 0.833 bits per heavy atom. The lowest BCUT2D eigenvalue weighted by Gasteiger charge is -2.11. The molecule has 0 saturated carbocycles. The van der Waals surface area contributed by atoms with Crippen LogP contribution >= 0.6 is 0 Å². The number of aryl methyl sites for hydroxylation is 3. The van der Waals surface area contributed by atoms with Crippen LogP contribution in [0.1, 0.15) is 22.4 Å². The molecule has 0 bridgehead atoms. The Morgan fingerprint density at radius 3 is 2.13 bits per heavy atom. The smallest absolute Gasteiger partial charge is 0.224 e. The standard InChI is InChI=1S/C22H27N5O2S/c1-16-4-8-19(9-5-16)15-30(28,29)24-13-12-23-22-25-18(3)14-21(27-22)26-20-10-6-17(2)7-11-20/h4-11,14,24H,12-13,15H2,1-3H3,(H2,23,25,26,27). The number of nitrogens with zero attached hydrogens (tertiary/aromatic N) is 2. The van der Waals surface area contributed by atoms with Crippen LogP contribution in [0.25, 0.3) is 0 Å². The fourth-order valence-electron chi connectivity index (χ4n) is 2.83. The fraction of sp³-hybridized carbons (Fsp3) is 0.273. The summed E-state index contributed by atoms with van der Waals surface area (Å²) in [6.45, 7) is 6.51. The van der Waals surface area contributed by atoms with E-state index in [1.807, 2.05) is 75.4 Å². The molecule has 3 aromatic rings. The van der Waals surface area contributed by atoms with E-state index in [0.29, 0.717) is 18.3 Å². The van der Waals surface area contributed by atoms with Crippen LogP contribution in [0.4, 0.5) is 17.5 Å². The van der Waals surface area contributed by atoms with Crippen molar-refractivity contribution in [3.63, 3.8) is 0 Å². The molecule has 1 heterocycles. The highest BCUT2D eigenvalue weighted by molar-refractivity contribution is 7.88. The summed E-state index contributed by atoms with van der Waals surface area (Å²) in [6, 6.07) is 17.4. The van der Waals surface area contributed by atoms with E-state index < -0.39 is 10.0 Å². The van der Waals surface area contributed by atoms with Crippen LogP contribution in [0.3, 0.4) is 0 Å². The van der Waals surface area contributed by atoms with Crippen LogP contribution < -0.4 is 15.4 Å². The lowest BCUT2D eigenvalue weighted by Crippen LogP contribution is -2.30. The molecule has 8 heteroatoms. The topological polar surface area (TPSA) is 96.0 Å². The molecule has 0 aliphatic heterocycles. The molecule has 0 spiro atoms. The normalized spacial score (nSPS) is 11.3. The first-order valence-electron chi connectivity index (χ1n) is 9.75. The summed E-state index contributed by atoms with van der Waals surface area (Å²) < 4.78 is 27.1. The van der Waals surface area contributed by atoms with Crippen LogP contribution in [-0.4, -0.2) is 31.5 Å². The Morgan fingerprint density at radius 2 is 1.47 bits per heavy atom. The van der Waals surface area contributed by atoms with Gasteiger partial charge in [-0.15, -0.1) is 0 Å². The van der Waals surface area contributed by atoms with E-state index in [1.54, 1.807) is 0 Å². The minimum atomic E-state index is -3.41. The number of hydrogen-bond donors (Lipinski definition) is 3. The molecular weight excluding hydrogens is 398 g/mol. The third-order valence-electron chi connectivity index (χ3n) is 4.39. The maximum absolute atomic E-state index is 12.3. The SMILES string of the molecule is Cc1ccc(CS(=O)(=O)NCCNc2nc(C)cc(Nc3ccc(C)cc3)n2)cc1. The van der Waals surface area contributed by atoms with Gasteiger partial charge in [-0.05, 0) is 38.5 Å².